The number of aliphatic hydroxyl groups is 1. The molecule has 2 nitrogen and oxygen atoms in total. The summed E-state index contributed by atoms with van der Waals surface area (Å²) in [6, 6.07) is 0. The van der Waals surface area contributed by atoms with Crippen LogP contribution in [-0.4, -0.2) is 16.2 Å². The minimum atomic E-state index is -0.924. The standard InChI is InChI=1S/C6H14ClNO/c1-3-6(8,4-2)5(7)9/h5,9H,3-4,8H2,1-2H3. The summed E-state index contributed by atoms with van der Waals surface area (Å²) >= 11 is 5.42. The first-order valence-electron chi connectivity index (χ1n) is 3.18. The molecule has 0 aromatic carbocycles. The molecule has 0 spiro atoms. The molecule has 0 saturated carbocycles. The molecule has 0 heterocycles. The molecule has 0 radical (unpaired) electrons. The molecular weight excluding hydrogens is 138 g/mol. The number of aliphatic hydroxyl groups excluding tert-OH is 1. The van der Waals surface area contributed by atoms with Crippen LogP contribution in [0.4, 0.5) is 0 Å². The van der Waals surface area contributed by atoms with E-state index in [4.69, 9.17) is 22.4 Å². The van der Waals surface area contributed by atoms with Gasteiger partial charge in [-0.15, -0.1) is 0 Å². The Morgan fingerprint density at radius 2 is 1.89 bits per heavy atom. The molecule has 0 saturated heterocycles. The number of nitrogens with two attached hydrogens (primary N) is 1. The largest absolute Gasteiger partial charge is 0.376 e. The molecule has 0 aliphatic heterocycles. The number of alkyl halides is 1. The van der Waals surface area contributed by atoms with Gasteiger partial charge in [-0.3, -0.25) is 0 Å². The lowest BCUT2D eigenvalue weighted by atomic mass is 9.95. The first-order chi connectivity index (χ1) is 4.06. The Kier molecular flexibility index (Phi) is 3.48. The van der Waals surface area contributed by atoms with Crippen LogP contribution in [0.3, 0.4) is 0 Å². The van der Waals surface area contributed by atoms with Crippen LogP contribution in [0.2, 0.25) is 0 Å². The fourth-order valence-electron chi connectivity index (χ4n) is 0.587. The summed E-state index contributed by atoms with van der Waals surface area (Å²) in [7, 11) is 0. The van der Waals surface area contributed by atoms with Crippen LogP contribution in [0.1, 0.15) is 26.7 Å². The molecular formula is C6H14ClNO. The molecule has 56 valence electrons. The maximum absolute atomic E-state index is 8.91. The maximum atomic E-state index is 8.91. The Balaban J connectivity index is 3.92. The van der Waals surface area contributed by atoms with E-state index < -0.39 is 11.1 Å². The van der Waals surface area contributed by atoms with Crippen molar-refractivity contribution in [2.24, 2.45) is 5.73 Å². The van der Waals surface area contributed by atoms with E-state index in [1.807, 2.05) is 13.8 Å². The van der Waals surface area contributed by atoms with Crippen LogP contribution in [0, 0.1) is 0 Å². The Morgan fingerprint density at radius 3 is 1.89 bits per heavy atom. The van der Waals surface area contributed by atoms with Crippen molar-refractivity contribution in [3.05, 3.63) is 0 Å². The molecule has 1 atom stereocenters. The summed E-state index contributed by atoms with van der Waals surface area (Å²) in [6.07, 6.45) is 1.41. The first-order valence-corrected chi connectivity index (χ1v) is 3.61. The molecule has 3 N–H and O–H groups in total. The van der Waals surface area contributed by atoms with Crippen molar-refractivity contribution in [3.8, 4) is 0 Å². The van der Waals surface area contributed by atoms with E-state index >= 15 is 0 Å². The maximum Gasteiger partial charge on any atom is 0.145 e. The zero-order valence-corrected chi connectivity index (χ0v) is 6.65. The van der Waals surface area contributed by atoms with Gasteiger partial charge in [-0.1, -0.05) is 25.4 Å². The zero-order chi connectivity index (χ0) is 7.49. The van der Waals surface area contributed by atoms with E-state index in [9.17, 15) is 0 Å². The van der Waals surface area contributed by atoms with Gasteiger partial charge >= 0.3 is 0 Å². The van der Waals surface area contributed by atoms with Crippen LogP contribution in [0.25, 0.3) is 0 Å². The molecule has 0 fully saturated rings. The molecule has 0 aliphatic carbocycles. The fourth-order valence-corrected chi connectivity index (χ4v) is 0.895. The molecule has 0 amide bonds. The van der Waals surface area contributed by atoms with Gasteiger partial charge in [0.1, 0.15) is 5.56 Å². The third-order valence-electron chi connectivity index (χ3n) is 1.79. The predicted octanol–water partition coefficient (Wildman–Crippen LogP) is 1.06. The molecule has 1 unspecified atom stereocenters. The van der Waals surface area contributed by atoms with Gasteiger partial charge in [0.2, 0.25) is 0 Å². The van der Waals surface area contributed by atoms with Crippen molar-refractivity contribution >= 4 is 11.6 Å². The summed E-state index contributed by atoms with van der Waals surface area (Å²) in [5.74, 6) is 0. The average Bonchev–Trinajstić information content (AvgIpc) is 1.86. The number of hydrogen-bond acceptors (Lipinski definition) is 2. The van der Waals surface area contributed by atoms with Crippen molar-refractivity contribution in [2.45, 2.75) is 37.8 Å². The molecule has 0 aromatic rings. The fraction of sp³-hybridized carbons (Fsp3) is 1.00. The highest BCUT2D eigenvalue weighted by molar-refractivity contribution is 6.20. The lowest BCUT2D eigenvalue weighted by Gasteiger charge is -2.27. The Bertz CT molecular complexity index is 81.1. The summed E-state index contributed by atoms with van der Waals surface area (Å²) < 4.78 is 0. The van der Waals surface area contributed by atoms with Crippen LogP contribution < -0.4 is 5.73 Å². The second-order valence-corrected chi connectivity index (χ2v) is 2.69. The van der Waals surface area contributed by atoms with E-state index in [-0.39, 0.29) is 0 Å². The van der Waals surface area contributed by atoms with Gasteiger partial charge in [-0.2, -0.15) is 0 Å². The van der Waals surface area contributed by atoms with Crippen LogP contribution >= 0.6 is 11.6 Å². The number of rotatable bonds is 3. The van der Waals surface area contributed by atoms with Crippen molar-refractivity contribution in [1.29, 1.82) is 0 Å². The van der Waals surface area contributed by atoms with Gasteiger partial charge in [0.05, 0.1) is 5.54 Å². The van der Waals surface area contributed by atoms with E-state index in [1.54, 1.807) is 0 Å². The van der Waals surface area contributed by atoms with Crippen molar-refractivity contribution in [2.75, 3.05) is 0 Å². The van der Waals surface area contributed by atoms with Gasteiger partial charge < -0.3 is 10.8 Å². The third kappa shape index (κ3) is 2.12. The second kappa shape index (κ2) is 3.40. The smallest absolute Gasteiger partial charge is 0.145 e. The Morgan fingerprint density at radius 1 is 1.56 bits per heavy atom. The predicted molar refractivity (Wildman–Crippen MR) is 39.4 cm³/mol. The van der Waals surface area contributed by atoms with E-state index in [1.165, 1.54) is 0 Å². The van der Waals surface area contributed by atoms with Crippen molar-refractivity contribution in [3.63, 3.8) is 0 Å². The lowest BCUT2D eigenvalue weighted by Crippen LogP contribution is -2.47. The lowest BCUT2D eigenvalue weighted by molar-refractivity contribution is 0.148. The molecule has 9 heavy (non-hydrogen) atoms. The summed E-state index contributed by atoms with van der Waals surface area (Å²) in [4.78, 5) is 0. The summed E-state index contributed by atoms with van der Waals surface area (Å²) in [5.41, 5.74) is 4.14. The topological polar surface area (TPSA) is 46.2 Å². The van der Waals surface area contributed by atoms with Gasteiger partial charge in [0.25, 0.3) is 0 Å². The molecule has 0 aromatic heterocycles. The number of halogens is 1. The summed E-state index contributed by atoms with van der Waals surface area (Å²) in [5, 5.41) is 8.91. The van der Waals surface area contributed by atoms with Crippen LogP contribution in [-0.2, 0) is 0 Å². The van der Waals surface area contributed by atoms with Gasteiger partial charge in [0.15, 0.2) is 0 Å². The third-order valence-corrected chi connectivity index (χ3v) is 2.23. The Labute approximate surface area is 61.0 Å². The van der Waals surface area contributed by atoms with Crippen LogP contribution in [0.5, 0.6) is 0 Å². The van der Waals surface area contributed by atoms with E-state index in [2.05, 4.69) is 0 Å². The highest BCUT2D eigenvalue weighted by Gasteiger charge is 2.27. The molecule has 0 rings (SSSR count). The van der Waals surface area contributed by atoms with E-state index in [0.717, 1.165) is 0 Å². The highest BCUT2D eigenvalue weighted by atomic mass is 35.5. The zero-order valence-electron chi connectivity index (χ0n) is 5.89. The molecule has 0 aliphatic rings. The van der Waals surface area contributed by atoms with Gasteiger partial charge in [0, 0.05) is 0 Å². The van der Waals surface area contributed by atoms with Gasteiger partial charge in [-0.05, 0) is 12.8 Å². The van der Waals surface area contributed by atoms with Crippen LogP contribution in [0.15, 0.2) is 0 Å². The van der Waals surface area contributed by atoms with Crippen molar-refractivity contribution in [1.82, 2.24) is 0 Å². The monoisotopic (exact) mass is 151 g/mol. The van der Waals surface area contributed by atoms with Gasteiger partial charge in [-0.25, -0.2) is 0 Å². The first kappa shape index (κ1) is 9.21. The molecule has 3 heteroatoms. The highest BCUT2D eigenvalue weighted by Crippen LogP contribution is 2.18. The SMILES string of the molecule is CCC(N)(CC)C(O)Cl. The normalized spacial score (nSPS) is 15.7. The minimum absolute atomic E-state index is 0.596. The van der Waals surface area contributed by atoms with Crippen molar-refractivity contribution < 1.29 is 5.11 Å². The number of hydrogen-bond donors (Lipinski definition) is 2. The second-order valence-electron chi connectivity index (χ2n) is 2.28. The Hall–Kier alpha value is 0.210. The molecule has 0 bridgehead atoms. The van der Waals surface area contributed by atoms with E-state index in [0.29, 0.717) is 12.8 Å². The summed E-state index contributed by atoms with van der Waals surface area (Å²) in [6.45, 7) is 3.82. The average molecular weight is 152 g/mol. The quantitative estimate of drug-likeness (QED) is 0.593. The minimum Gasteiger partial charge on any atom is -0.376 e.